The Labute approximate surface area is 392 Å². The second kappa shape index (κ2) is 25.1. The molecule has 376 valence electrons. The van der Waals surface area contributed by atoms with Gasteiger partial charge in [-0.1, -0.05) is 6.92 Å². The van der Waals surface area contributed by atoms with E-state index >= 15 is 0 Å². The predicted octanol–water partition coefficient (Wildman–Crippen LogP) is -8.67. The van der Waals surface area contributed by atoms with Crippen molar-refractivity contribution >= 4 is 0 Å². The third-order valence-electron chi connectivity index (χ3n) is 9.91. The maximum atomic E-state index is 9.45. The summed E-state index contributed by atoms with van der Waals surface area (Å²) in [7, 11) is 0. The van der Waals surface area contributed by atoms with Crippen LogP contribution in [-0.2, 0) is 52.4 Å². The van der Waals surface area contributed by atoms with Crippen molar-refractivity contribution in [1.82, 2.24) is 162 Å². The van der Waals surface area contributed by atoms with Gasteiger partial charge in [0.2, 0.25) is 0 Å². The van der Waals surface area contributed by atoms with Crippen molar-refractivity contribution in [3.63, 3.8) is 0 Å². The maximum Gasteiger partial charge on any atom is 0.185 e. The van der Waals surface area contributed by atoms with E-state index in [1.165, 1.54) is 38.1 Å². The SMILES string of the molecule is CCCn1nnc(C(CC(c2nnn(CCO)n2)c2nnn(CCO)n2)c2nnn(CCO)n2)n1.OCCn1nnc(C(CC(c2nnn(CCO)n2)c2nnnn2CCO)c2nnnn2CCO)n1. The molecule has 0 aromatic carbocycles. The maximum absolute atomic E-state index is 9.45. The van der Waals surface area contributed by atoms with Crippen molar-refractivity contribution in [3.05, 3.63) is 46.6 Å². The minimum absolute atomic E-state index is 0.126. The lowest BCUT2D eigenvalue weighted by Gasteiger charge is -2.18. The number of aliphatic hydroxyl groups is 7. The molecule has 0 saturated carbocycles. The third-order valence-corrected chi connectivity index (χ3v) is 9.91. The van der Waals surface area contributed by atoms with E-state index in [9.17, 15) is 35.7 Å². The lowest BCUT2D eigenvalue weighted by molar-refractivity contribution is 0.257. The fourth-order valence-electron chi connectivity index (χ4n) is 6.79. The van der Waals surface area contributed by atoms with Crippen molar-refractivity contribution in [2.24, 2.45) is 0 Å². The third kappa shape index (κ3) is 12.5. The zero-order chi connectivity index (χ0) is 49.2. The Kier molecular flexibility index (Phi) is 18.0. The summed E-state index contributed by atoms with van der Waals surface area (Å²) in [6.07, 6.45) is 1.20. The Bertz CT molecular complexity index is 2460. The summed E-state index contributed by atoms with van der Waals surface area (Å²) in [4.78, 5) is 7.77. The number of nitrogens with zero attached hydrogens (tertiary/aromatic N) is 32. The molecule has 70 heavy (non-hydrogen) atoms. The van der Waals surface area contributed by atoms with Gasteiger partial charge in [-0.05, 0) is 71.4 Å². The van der Waals surface area contributed by atoms with Crippen LogP contribution in [0.4, 0.5) is 0 Å². The van der Waals surface area contributed by atoms with Crippen LogP contribution in [0.5, 0.6) is 0 Å². The van der Waals surface area contributed by atoms with E-state index in [1.54, 1.807) is 0 Å². The normalized spacial score (nSPS) is 13.0. The van der Waals surface area contributed by atoms with Crippen molar-refractivity contribution in [2.45, 2.75) is 102 Å². The minimum atomic E-state index is -0.682. The average Bonchev–Trinajstić information content (AvgIpc) is 4.20. The monoisotopic (exact) mass is 982 g/mol. The van der Waals surface area contributed by atoms with Crippen LogP contribution in [0.3, 0.4) is 0 Å². The highest BCUT2D eigenvalue weighted by Gasteiger charge is 2.36. The van der Waals surface area contributed by atoms with Gasteiger partial charge in [0.15, 0.2) is 46.6 Å². The van der Waals surface area contributed by atoms with Crippen LogP contribution in [0.2, 0.25) is 0 Å². The second-order valence-electron chi connectivity index (χ2n) is 14.7. The number of hydrogen-bond acceptors (Lipinski definition) is 31. The molecule has 8 aromatic rings. The smallest absolute Gasteiger partial charge is 0.185 e. The lowest BCUT2D eigenvalue weighted by Crippen LogP contribution is -2.21. The fraction of sp³-hybridized carbons (Fsp3) is 0.742. The zero-order valence-corrected chi connectivity index (χ0v) is 37.5. The predicted molar refractivity (Wildman–Crippen MR) is 219 cm³/mol. The van der Waals surface area contributed by atoms with E-state index < -0.39 is 23.7 Å². The summed E-state index contributed by atoms with van der Waals surface area (Å²) in [5, 5.41) is 164. The standard InChI is InChI=1S/C16H26N16O3.C15H24N16O4/c1-2-3-29-21-13(17-25-29)11(14-18-26-30(22-14)4-7-33)10-12(15-19-27-31(23-15)5-8-34)16-20-28-32(24-16)6-9-35;32-5-1-28-14(18-22-26-28)10(12-16-24-30(20-12)3-7-34)9-11(13-17-25-31(21-13)4-8-35)15-19-23-27-29(15)2-6-33/h11-12,33-35H,2-10H2,1H3;10-11,32-35H,1-9H2. The average molecular weight is 983 g/mol. The lowest BCUT2D eigenvalue weighted by atomic mass is 9.91. The summed E-state index contributed by atoms with van der Waals surface area (Å²) < 4.78 is 2.84. The van der Waals surface area contributed by atoms with Crippen LogP contribution in [0, 0.1) is 0 Å². The summed E-state index contributed by atoms with van der Waals surface area (Å²) in [6, 6.07) is 0. The first-order chi connectivity index (χ1) is 34.3. The van der Waals surface area contributed by atoms with E-state index in [0.717, 1.165) is 6.42 Å². The Morgan fingerprint density at radius 3 is 0.843 bits per heavy atom. The van der Waals surface area contributed by atoms with E-state index in [-0.39, 0.29) is 128 Å². The van der Waals surface area contributed by atoms with Crippen molar-refractivity contribution in [2.75, 3.05) is 46.2 Å². The number of hydrogen-bond donors (Lipinski definition) is 7. The first-order valence-electron chi connectivity index (χ1n) is 21.8. The Morgan fingerprint density at radius 1 is 0.314 bits per heavy atom. The molecule has 7 N–H and O–H groups in total. The molecule has 0 fully saturated rings. The molecular weight excluding hydrogens is 933 g/mol. The molecule has 39 nitrogen and oxygen atoms in total. The van der Waals surface area contributed by atoms with Gasteiger partial charge in [-0.25, -0.2) is 9.36 Å². The highest BCUT2D eigenvalue weighted by atomic mass is 16.3. The molecule has 0 saturated heterocycles. The first-order valence-corrected chi connectivity index (χ1v) is 21.8. The van der Waals surface area contributed by atoms with Crippen molar-refractivity contribution in [3.8, 4) is 0 Å². The van der Waals surface area contributed by atoms with Gasteiger partial charge in [-0.15, -0.1) is 71.4 Å². The molecule has 8 rings (SSSR count). The highest BCUT2D eigenvalue weighted by Crippen LogP contribution is 2.35. The highest BCUT2D eigenvalue weighted by molar-refractivity contribution is 5.17. The van der Waals surface area contributed by atoms with Crippen molar-refractivity contribution < 1.29 is 35.7 Å². The molecule has 0 radical (unpaired) electrons. The van der Waals surface area contributed by atoms with Gasteiger partial charge in [-0.2, -0.15) is 28.8 Å². The molecule has 3 atom stereocenters. The summed E-state index contributed by atoms with van der Waals surface area (Å²) in [5.41, 5.74) is 0. The Hall–Kier alpha value is -7.72. The Balaban J connectivity index is 0.000000206. The van der Waals surface area contributed by atoms with E-state index in [1.807, 2.05) is 6.92 Å². The fourth-order valence-corrected chi connectivity index (χ4v) is 6.79. The molecule has 0 aliphatic carbocycles. The van der Waals surface area contributed by atoms with Crippen LogP contribution in [-0.4, -0.2) is 244 Å². The first kappa shape index (κ1) is 50.2. The molecule has 8 heterocycles. The molecular formula is C31H50N32O7. The van der Waals surface area contributed by atoms with Crippen molar-refractivity contribution in [1.29, 1.82) is 0 Å². The minimum Gasteiger partial charge on any atom is -0.394 e. The topological polar surface area (TPSA) is 490 Å². The Morgan fingerprint density at radius 2 is 0.571 bits per heavy atom. The summed E-state index contributed by atoms with van der Waals surface area (Å²) in [5.74, 6) is -0.170. The molecule has 0 aliphatic heterocycles. The van der Waals surface area contributed by atoms with Gasteiger partial charge in [0, 0.05) is 0 Å². The van der Waals surface area contributed by atoms with E-state index in [2.05, 4.69) is 124 Å². The van der Waals surface area contributed by atoms with Gasteiger partial charge in [-0.3, -0.25) is 0 Å². The number of tetrazole rings is 8. The summed E-state index contributed by atoms with van der Waals surface area (Å²) >= 11 is 0. The molecule has 0 spiro atoms. The molecule has 0 aliphatic rings. The van der Waals surface area contributed by atoms with Crippen LogP contribution in [0.1, 0.15) is 96.5 Å². The van der Waals surface area contributed by atoms with Crippen LogP contribution >= 0.6 is 0 Å². The van der Waals surface area contributed by atoms with Crippen LogP contribution < -0.4 is 0 Å². The van der Waals surface area contributed by atoms with Gasteiger partial charge in [0.25, 0.3) is 0 Å². The van der Waals surface area contributed by atoms with Crippen LogP contribution in [0.15, 0.2) is 0 Å². The second-order valence-corrected chi connectivity index (χ2v) is 14.7. The molecule has 39 heteroatoms. The van der Waals surface area contributed by atoms with Crippen LogP contribution in [0.25, 0.3) is 0 Å². The molecule has 3 unspecified atom stereocenters. The molecule has 0 bridgehead atoms. The zero-order valence-electron chi connectivity index (χ0n) is 37.5. The van der Waals surface area contributed by atoms with E-state index in [0.29, 0.717) is 29.8 Å². The van der Waals surface area contributed by atoms with Gasteiger partial charge in [0.1, 0.15) is 0 Å². The van der Waals surface area contributed by atoms with Gasteiger partial charge < -0.3 is 35.7 Å². The number of aryl methyl sites for hydroxylation is 1. The number of rotatable bonds is 28. The number of aromatic nitrogens is 32. The molecule has 0 amide bonds. The largest absolute Gasteiger partial charge is 0.394 e. The summed E-state index contributed by atoms with van der Waals surface area (Å²) in [6.45, 7) is 2.38. The van der Waals surface area contributed by atoms with Gasteiger partial charge in [0.05, 0.1) is 122 Å². The number of aliphatic hydroxyl groups excluding tert-OH is 7. The van der Waals surface area contributed by atoms with Gasteiger partial charge >= 0.3 is 0 Å². The molecule has 8 aromatic heterocycles. The quantitative estimate of drug-likeness (QED) is 0.0240. The van der Waals surface area contributed by atoms with E-state index in [4.69, 9.17) is 0 Å².